The summed E-state index contributed by atoms with van der Waals surface area (Å²) in [5.74, 6) is 0.580. The molecule has 8 heteroatoms. The summed E-state index contributed by atoms with van der Waals surface area (Å²) in [5, 5.41) is 0. The molecular formula is C31H52FN5O2. The van der Waals surface area contributed by atoms with Gasteiger partial charge in [-0.2, -0.15) is 0 Å². The standard InChI is InChI=1S/C31H52FN5O2/c1-24(2)19-30(38)37-14-8-12-33(21-25(3)4)11-7-13-36(22-27-20-28(32)9-10-29(27)37)31(39)23-34-15-17-35(18-16-34)26(5)6/h9-10,20,24-26H,7-8,11-19,21-23H2,1-6H3. The summed E-state index contributed by atoms with van der Waals surface area (Å²) in [4.78, 5) is 38.0. The van der Waals surface area contributed by atoms with Crippen molar-refractivity contribution in [3.8, 4) is 0 Å². The number of hydrogen-bond donors (Lipinski definition) is 0. The number of amides is 2. The first-order valence-electron chi connectivity index (χ1n) is 15.1. The molecule has 2 aliphatic heterocycles. The van der Waals surface area contributed by atoms with Crippen molar-refractivity contribution in [1.82, 2.24) is 19.6 Å². The SMILES string of the molecule is CC(C)CC(=O)N1CCCN(CC(C)C)CCCN(C(=O)CN2CCN(C(C)C)CC2)Cc2cc(F)ccc21. The molecule has 7 nitrogen and oxygen atoms in total. The predicted molar refractivity (Wildman–Crippen MR) is 157 cm³/mol. The van der Waals surface area contributed by atoms with Gasteiger partial charge in [0.15, 0.2) is 0 Å². The first-order valence-corrected chi connectivity index (χ1v) is 15.1. The number of anilines is 1. The third kappa shape index (κ3) is 9.83. The molecule has 2 amide bonds. The van der Waals surface area contributed by atoms with Crippen LogP contribution in [0.5, 0.6) is 0 Å². The third-order valence-electron chi connectivity index (χ3n) is 7.81. The number of hydrogen-bond acceptors (Lipinski definition) is 5. The highest BCUT2D eigenvalue weighted by atomic mass is 19.1. The van der Waals surface area contributed by atoms with E-state index in [0.29, 0.717) is 50.1 Å². The highest BCUT2D eigenvalue weighted by molar-refractivity contribution is 5.94. The third-order valence-corrected chi connectivity index (χ3v) is 7.81. The Morgan fingerprint density at radius 3 is 2.08 bits per heavy atom. The topological polar surface area (TPSA) is 50.3 Å². The van der Waals surface area contributed by atoms with E-state index < -0.39 is 0 Å². The molecule has 220 valence electrons. The van der Waals surface area contributed by atoms with Crippen LogP contribution in [0.15, 0.2) is 18.2 Å². The minimum Gasteiger partial charge on any atom is -0.337 e. The van der Waals surface area contributed by atoms with Gasteiger partial charge >= 0.3 is 0 Å². The highest BCUT2D eigenvalue weighted by Gasteiger charge is 2.26. The predicted octanol–water partition coefficient (Wildman–Crippen LogP) is 4.31. The number of benzene rings is 1. The van der Waals surface area contributed by atoms with Crippen LogP contribution in [0.2, 0.25) is 0 Å². The molecule has 1 aromatic carbocycles. The molecule has 0 aromatic heterocycles. The Balaban J connectivity index is 1.86. The van der Waals surface area contributed by atoms with Crippen molar-refractivity contribution < 1.29 is 14.0 Å². The Morgan fingerprint density at radius 1 is 0.795 bits per heavy atom. The van der Waals surface area contributed by atoms with Gasteiger partial charge in [-0.1, -0.05) is 27.7 Å². The van der Waals surface area contributed by atoms with Crippen LogP contribution >= 0.6 is 0 Å². The molecule has 39 heavy (non-hydrogen) atoms. The van der Waals surface area contributed by atoms with Crippen molar-refractivity contribution in [1.29, 1.82) is 0 Å². The molecule has 0 bridgehead atoms. The van der Waals surface area contributed by atoms with E-state index >= 15 is 0 Å². The largest absolute Gasteiger partial charge is 0.337 e. The Hall–Kier alpha value is -2.03. The van der Waals surface area contributed by atoms with Crippen LogP contribution in [0.25, 0.3) is 0 Å². The lowest BCUT2D eigenvalue weighted by molar-refractivity contribution is -0.133. The first-order chi connectivity index (χ1) is 18.5. The minimum atomic E-state index is -0.336. The monoisotopic (exact) mass is 545 g/mol. The van der Waals surface area contributed by atoms with Gasteiger partial charge in [0.1, 0.15) is 5.82 Å². The van der Waals surface area contributed by atoms with Crippen LogP contribution in [-0.2, 0) is 16.1 Å². The van der Waals surface area contributed by atoms with Gasteiger partial charge in [0.2, 0.25) is 11.8 Å². The molecule has 0 N–H and O–H groups in total. The van der Waals surface area contributed by atoms with Gasteiger partial charge in [0, 0.05) is 70.5 Å². The highest BCUT2D eigenvalue weighted by Crippen LogP contribution is 2.26. The molecule has 0 spiro atoms. The summed E-state index contributed by atoms with van der Waals surface area (Å²) in [5.41, 5.74) is 1.45. The van der Waals surface area contributed by atoms with E-state index in [2.05, 4.69) is 42.4 Å². The number of rotatable bonds is 7. The molecule has 1 fully saturated rings. The zero-order valence-corrected chi connectivity index (χ0v) is 25.3. The van der Waals surface area contributed by atoms with Crippen molar-refractivity contribution in [3.05, 3.63) is 29.6 Å². The van der Waals surface area contributed by atoms with Crippen molar-refractivity contribution >= 4 is 17.5 Å². The van der Waals surface area contributed by atoms with E-state index in [1.165, 1.54) is 12.1 Å². The molecule has 3 rings (SSSR count). The van der Waals surface area contributed by atoms with Gasteiger partial charge in [0.05, 0.1) is 6.54 Å². The summed E-state index contributed by atoms with van der Waals surface area (Å²) < 4.78 is 14.5. The molecule has 2 aliphatic rings. The maximum Gasteiger partial charge on any atom is 0.237 e. The molecule has 0 radical (unpaired) electrons. The van der Waals surface area contributed by atoms with Crippen molar-refractivity contribution in [3.63, 3.8) is 0 Å². The number of fused-ring (bicyclic) bond motifs is 1. The van der Waals surface area contributed by atoms with Crippen LogP contribution in [0, 0.1) is 17.7 Å². The lowest BCUT2D eigenvalue weighted by atomic mass is 10.1. The molecule has 0 saturated carbocycles. The summed E-state index contributed by atoms with van der Waals surface area (Å²) in [6, 6.07) is 5.20. The van der Waals surface area contributed by atoms with Crippen LogP contribution in [0.4, 0.5) is 10.1 Å². The molecule has 0 unspecified atom stereocenters. The Morgan fingerprint density at radius 2 is 1.46 bits per heavy atom. The van der Waals surface area contributed by atoms with Crippen molar-refractivity contribution in [2.75, 3.05) is 70.3 Å². The molecule has 0 aliphatic carbocycles. The number of piperazine rings is 1. The Bertz CT molecular complexity index is 930. The molecule has 0 atom stereocenters. The second-order valence-electron chi connectivity index (χ2n) is 12.5. The minimum absolute atomic E-state index is 0.0613. The first kappa shape index (κ1) is 31.5. The smallest absolute Gasteiger partial charge is 0.237 e. The number of carbonyl (C=O) groups excluding carboxylic acids is 2. The average Bonchev–Trinajstić information content (AvgIpc) is 2.85. The van der Waals surface area contributed by atoms with Crippen LogP contribution in [-0.4, -0.2) is 103 Å². The van der Waals surface area contributed by atoms with Crippen molar-refractivity contribution in [2.45, 2.75) is 73.4 Å². The van der Waals surface area contributed by atoms with E-state index in [4.69, 9.17) is 0 Å². The lowest BCUT2D eigenvalue weighted by Gasteiger charge is -2.37. The van der Waals surface area contributed by atoms with E-state index in [9.17, 15) is 14.0 Å². The summed E-state index contributed by atoms with van der Waals surface area (Å²) in [7, 11) is 0. The lowest BCUT2D eigenvalue weighted by Crippen LogP contribution is -2.51. The second-order valence-corrected chi connectivity index (χ2v) is 12.5. The van der Waals surface area contributed by atoms with E-state index in [0.717, 1.165) is 64.3 Å². The molecule has 1 saturated heterocycles. The van der Waals surface area contributed by atoms with Crippen molar-refractivity contribution in [2.24, 2.45) is 11.8 Å². The Labute approximate surface area is 236 Å². The summed E-state index contributed by atoms with van der Waals surface area (Å²) in [6.45, 7) is 21.4. The van der Waals surface area contributed by atoms with Gasteiger partial charge in [-0.3, -0.25) is 19.4 Å². The van der Waals surface area contributed by atoms with Crippen LogP contribution in [0.1, 0.15) is 66.4 Å². The second kappa shape index (κ2) is 15.1. The van der Waals surface area contributed by atoms with Crippen LogP contribution < -0.4 is 4.90 Å². The normalized spacial score (nSPS) is 19.3. The fourth-order valence-electron chi connectivity index (χ4n) is 5.76. The Kier molecular flexibility index (Phi) is 12.2. The number of nitrogens with zero attached hydrogens (tertiary/aromatic N) is 5. The quantitative estimate of drug-likeness (QED) is 0.511. The number of halogens is 1. The summed E-state index contributed by atoms with van der Waals surface area (Å²) >= 11 is 0. The fraction of sp³-hybridized carbons (Fsp3) is 0.742. The van der Waals surface area contributed by atoms with E-state index in [1.807, 2.05) is 23.6 Å². The number of carbonyl (C=O) groups is 2. The average molecular weight is 546 g/mol. The van der Waals surface area contributed by atoms with E-state index in [-0.39, 0.29) is 23.5 Å². The van der Waals surface area contributed by atoms with Gasteiger partial charge < -0.3 is 14.7 Å². The molecule has 2 heterocycles. The van der Waals surface area contributed by atoms with E-state index in [1.54, 1.807) is 6.07 Å². The maximum absolute atomic E-state index is 14.5. The summed E-state index contributed by atoms with van der Waals surface area (Å²) in [6.07, 6.45) is 2.18. The van der Waals surface area contributed by atoms with Gasteiger partial charge in [-0.05, 0) is 75.4 Å². The fourth-order valence-corrected chi connectivity index (χ4v) is 5.76. The molecular weight excluding hydrogens is 493 g/mol. The van der Waals surface area contributed by atoms with Gasteiger partial charge in [-0.15, -0.1) is 0 Å². The van der Waals surface area contributed by atoms with Gasteiger partial charge in [0.25, 0.3) is 0 Å². The van der Waals surface area contributed by atoms with Crippen LogP contribution in [0.3, 0.4) is 0 Å². The zero-order valence-electron chi connectivity index (χ0n) is 25.3. The maximum atomic E-state index is 14.5. The molecule has 1 aromatic rings. The van der Waals surface area contributed by atoms with Gasteiger partial charge in [-0.25, -0.2) is 4.39 Å². The zero-order chi connectivity index (χ0) is 28.5.